The van der Waals surface area contributed by atoms with Crippen LogP contribution in [0.5, 0.6) is 5.75 Å². The molecule has 1 aliphatic rings. The number of urea groups is 1. The number of benzene rings is 2. The third-order valence-corrected chi connectivity index (χ3v) is 9.29. The number of aliphatic hydroxyl groups excluding tert-OH is 1. The van der Waals surface area contributed by atoms with Gasteiger partial charge in [-0.15, -0.1) is 0 Å². The van der Waals surface area contributed by atoms with Gasteiger partial charge in [-0.25, -0.2) is 13.2 Å². The molecule has 2 aromatic carbocycles. The molecule has 0 saturated heterocycles. The van der Waals surface area contributed by atoms with E-state index in [2.05, 4.69) is 10.0 Å². The third-order valence-electron chi connectivity index (χ3n) is 7.64. The molecule has 3 N–H and O–H groups in total. The Labute approximate surface area is 272 Å². The van der Waals surface area contributed by atoms with Crippen LogP contribution >= 0.6 is 11.6 Å². The molecular formula is C32H47ClN4O7S. The van der Waals surface area contributed by atoms with Gasteiger partial charge in [0.2, 0.25) is 0 Å². The fourth-order valence-electron chi connectivity index (χ4n) is 4.99. The number of aliphatic hydroxyl groups is 1. The van der Waals surface area contributed by atoms with Gasteiger partial charge in [-0.1, -0.05) is 18.5 Å². The maximum absolute atomic E-state index is 14.3. The van der Waals surface area contributed by atoms with Crippen molar-refractivity contribution in [2.75, 3.05) is 38.1 Å². The van der Waals surface area contributed by atoms with Gasteiger partial charge in [0.05, 0.1) is 35.3 Å². The lowest BCUT2D eigenvalue weighted by atomic mass is 10.0. The van der Waals surface area contributed by atoms with E-state index in [1.54, 1.807) is 35.9 Å². The van der Waals surface area contributed by atoms with Crippen LogP contribution in [-0.4, -0.2) is 92.9 Å². The number of anilines is 1. The standard InChI is InChI=1S/C32H47ClN4O7S/c1-21(2)34-32(40)36(6)19-30-22(3)18-37(23(4)20-38)31(39)28-17-26(35-45(41,42)27-13-10-25(33)11-14-27)12-15-29(28)44-24(5)9-7-8-16-43-30/h10-15,17,21-24,30,35,38H,7-9,16,18-20H2,1-6H3,(H,34,40)/t22-,23+,24-,30+/m1/s1. The first kappa shape index (κ1) is 36.4. The summed E-state index contributed by atoms with van der Waals surface area (Å²) in [6, 6.07) is 9.56. The number of amides is 3. The molecule has 0 aromatic heterocycles. The Morgan fingerprint density at radius 3 is 2.47 bits per heavy atom. The minimum Gasteiger partial charge on any atom is -0.490 e. The smallest absolute Gasteiger partial charge is 0.317 e. The first-order valence-corrected chi connectivity index (χ1v) is 17.2. The first-order chi connectivity index (χ1) is 21.2. The molecule has 1 heterocycles. The second-order valence-electron chi connectivity index (χ2n) is 12.1. The number of nitrogens with one attached hydrogen (secondary N) is 2. The number of carbonyl (C=O) groups excluding carboxylic acids is 2. The number of carbonyl (C=O) groups is 2. The number of hydrogen-bond acceptors (Lipinski definition) is 7. The summed E-state index contributed by atoms with van der Waals surface area (Å²) in [5.74, 6) is -0.338. The van der Waals surface area contributed by atoms with Gasteiger partial charge < -0.3 is 29.7 Å². The molecule has 0 aliphatic carbocycles. The van der Waals surface area contributed by atoms with E-state index >= 15 is 0 Å². The van der Waals surface area contributed by atoms with Crippen LogP contribution in [0.15, 0.2) is 47.4 Å². The van der Waals surface area contributed by atoms with Crippen molar-refractivity contribution in [3.05, 3.63) is 53.1 Å². The highest BCUT2D eigenvalue weighted by Crippen LogP contribution is 2.29. The number of nitrogens with zero attached hydrogens (tertiary/aromatic N) is 2. The Morgan fingerprint density at radius 1 is 1.13 bits per heavy atom. The molecule has 3 amide bonds. The largest absolute Gasteiger partial charge is 0.490 e. The van der Waals surface area contributed by atoms with Crippen LogP contribution in [-0.2, 0) is 14.8 Å². The second-order valence-corrected chi connectivity index (χ2v) is 14.2. The molecule has 13 heteroatoms. The molecule has 2 aromatic rings. The van der Waals surface area contributed by atoms with Gasteiger partial charge in [-0.3, -0.25) is 9.52 Å². The summed E-state index contributed by atoms with van der Waals surface area (Å²) in [6.07, 6.45) is 1.69. The van der Waals surface area contributed by atoms with Crippen molar-refractivity contribution in [2.24, 2.45) is 5.92 Å². The minimum atomic E-state index is -3.98. The number of ether oxygens (including phenoxy) is 2. The number of halogens is 1. The van der Waals surface area contributed by atoms with Crippen LogP contribution in [0.25, 0.3) is 0 Å². The zero-order chi connectivity index (χ0) is 33.3. The lowest BCUT2D eigenvalue weighted by Gasteiger charge is -2.36. The highest BCUT2D eigenvalue weighted by atomic mass is 35.5. The van der Waals surface area contributed by atoms with Crippen LogP contribution in [0.3, 0.4) is 0 Å². The quantitative estimate of drug-likeness (QED) is 0.361. The van der Waals surface area contributed by atoms with E-state index in [0.29, 0.717) is 30.3 Å². The summed E-state index contributed by atoms with van der Waals surface area (Å²) in [6.45, 7) is 10.1. The van der Waals surface area contributed by atoms with Crippen molar-refractivity contribution >= 4 is 39.2 Å². The van der Waals surface area contributed by atoms with E-state index in [1.165, 1.54) is 30.3 Å². The zero-order valence-electron chi connectivity index (χ0n) is 27.0. The molecule has 0 spiro atoms. The van der Waals surface area contributed by atoms with E-state index in [1.807, 2.05) is 27.7 Å². The Balaban J connectivity index is 1.98. The van der Waals surface area contributed by atoms with Crippen molar-refractivity contribution in [1.82, 2.24) is 15.1 Å². The molecule has 1 aliphatic heterocycles. The molecule has 0 saturated carbocycles. The number of rotatable bonds is 8. The SMILES string of the molecule is CC(C)NC(=O)N(C)C[C@@H]1OCCCC[C@@H](C)Oc2ccc(NS(=O)(=O)c3ccc(Cl)cc3)cc2C(=O)N([C@@H](C)CO)C[C@H]1C. The number of likely N-dealkylation sites (N-methyl/N-ethyl adjacent to an activating group) is 1. The van der Waals surface area contributed by atoms with Crippen molar-refractivity contribution in [2.45, 2.75) is 83.1 Å². The summed E-state index contributed by atoms with van der Waals surface area (Å²) in [7, 11) is -2.27. The summed E-state index contributed by atoms with van der Waals surface area (Å²) in [5, 5.41) is 13.4. The highest BCUT2D eigenvalue weighted by molar-refractivity contribution is 7.92. The van der Waals surface area contributed by atoms with E-state index in [9.17, 15) is 23.1 Å². The van der Waals surface area contributed by atoms with Crippen LogP contribution in [0.4, 0.5) is 10.5 Å². The van der Waals surface area contributed by atoms with Gasteiger partial charge in [-0.05, 0) is 89.4 Å². The fourth-order valence-corrected chi connectivity index (χ4v) is 6.16. The summed E-state index contributed by atoms with van der Waals surface area (Å²) >= 11 is 5.93. The predicted octanol–water partition coefficient (Wildman–Crippen LogP) is 4.99. The van der Waals surface area contributed by atoms with Crippen molar-refractivity contribution in [1.29, 1.82) is 0 Å². The van der Waals surface area contributed by atoms with Gasteiger partial charge >= 0.3 is 6.03 Å². The molecule has 250 valence electrons. The van der Waals surface area contributed by atoms with Crippen molar-refractivity contribution in [3.8, 4) is 5.75 Å². The lowest BCUT2D eigenvalue weighted by Crippen LogP contribution is -2.49. The van der Waals surface area contributed by atoms with Crippen molar-refractivity contribution < 1.29 is 32.6 Å². The van der Waals surface area contributed by atoms with Gasteiger partial charge in [0, 0.05) is 49.4 Å². The van der Waals surface area contributed by atoms with Gasteiger partial charge in [0.25, 0.3) is 15.9 Å². The van der Waals surface area contributed by atoms with Crippen molar-refractivity contribution in [3.63, 3.8) is 0 Å². The number of fused-ring (bicyclic) bond motifs is 1. The minimum absolute atomic E-state index is 0.0191. The van der Waals surface area contributed by atoms with Gasteiger partial charge in [0.15, 0.2) is 0 Å². The fraction of sp³-hybridized carbons (Fsp3) is 0.562. The number of sulfonamides is 1. The normalized spacial score (nSPS) is 20.9. The van der Waals surface area contributed by atoms with E-state index < -0.39 is 22.0 Å². The van der Waals surface area contributed by atoms with Crippen LogP contribution in [0, 0.1) is 5.92 Å². The Morgan fingerprint density at radius 2 is 1.82 bits per heavy atom. The highest BCUT2D eigenvalue weighted by Gasteiger charge is 2.31. The zero-order valence-corrected chi connectivity index (χ0v) is 28.5. The summed E-state index contributed by atoms with van der Waals surface area (Å²) < 4.78 is 41.3. The van der Waals surface area contributed by atoms with Crippen LogP contribution in [0.1, 0.15) is 64.2 Å². The molecular weight excluding hydrogens is 620 g/mol. The molecule has 4 atom stereocenters. The molecule has 0 unspecified atom stereocenters. The maximum atomic E-state index is 14.3. The first-order valence-electron chi connectivity index (χ1n) is 15.4. The van der Waals surface area contributed by atoms with E-state index in [-0.39, 0.29) is 59.5 Å². The second kappa shape index (κ2) is 16.5. The van der Waals surface area contributed by atoms with Gasteiger partial charge in [-0.2, -0.15) is 0 Å². The topological polar surface area (TPSA) is 138 Å². The monoisotopic (exact) mass is 666 g/mol. The number of hydrogen-bond donors (Lipinski definition) is 3. The van der Waals surface area contributed by atoms with E-state index in [4.69, 9.17) is 21.1 Å². The van der Waals surface area contributed by atoms with Gasteiger partial charge in [0.1, 0.15) is 5.75 Å². The summed E-state index contributed by atoms with van der Waals surface area (Å²) in [5.41, 5.74) is 0.340. The van der Waals surface area contributed by atoms with E-state index in [0.717, 1.165) is 12.8 Å². The average Bonchev–Trinajstić information content (AvgIpc) is 2.98. The third kappa shape index (κ3) is 10.5. The molecule has 11 nitrogen and oxygen atoms in total. The maximum Gasteiger partial charge on any atom is 0.317 e. The molecule has 0 fully saturated rings. The Kier molecular flexibility index (Phi) is 13.3. The molecule has 0 radical (unpaired) electrons. The lowest BCUT2D eigenvalue weighted by molar-refractivity contribution is -0.0122. The molecule has 0 bridgehead atoms. The molecule has 45 heavy (non-hydrogen) atoms. The molecule has 3 rings (SSSR count). The van der Waals surface area contributed by atoms with Crippen LogP contribution < -0.4 is 14.8 Å². The summed E-state index contributed by atoms with van der Waals surface area (Å²) in [4.78, 5) is 30.1. The van der Waals surface area contributed by atoms with Crippen LogP contribution in [0.2, 0.25) is 5.02 Å². The Bertz CT molecular complexity index is 1390. The average molecular weight is 667 g/mol. The predicted molar refractivity (Wildman–Crippen MR) is 175 cm³/mol. The Hall–Kier alpha value is -3.06.